The van der Waals surface area contributed by atoms with Gasteiger partial charge >= 0.3 is 0 Å². The molecule has 0 aliphatic rings. The summed E-state index contributed by atoms with van der Waals surface area (Å²) in [7, 11) is 0. The quantitative estimate of drug-likeness (QED) is 0.701. The maximum absolute atomic E-state index is 11.8. The molecule has 2 N–H and O–H groups in total. The van der Waals surface area contributed by atoms with Crippen LogP contribution < -0.4 is 5.73 Å². The van der Waals surface area contributed by atoms with Gasteiger partial charge in [-0.1, -0.05) is 20.8 Å². The fraction of sp³-hybridized carbons (Fsp3) is 0.833. The monoisotopic (exact) mass is 228 g/mol. The van der Waals surface area contributed by atoms with Gasteiger partial charge < -0.3 is 10.6 Å². The second-order valence-corrected chi connectivity index (χ2v) is 4.65. The number of nitrogens with two attached hydrogens (primary N) is 1. The summed E-state index contributed by atoms with van der Waals surface area (Å²) >= 11 is 0. The van der Waals surface area contributed by atoms with Gasteiger partial charge in [0.2, 0.25) is 5.91 Å². The summed E-state index contributed by atoms with van der Waals surface area (Å²) in [6.45, 7) is 9.28. The maximum atomic E-state index is 11.8. The van der Waals surface area contributed by atoms with E-state index in [4.69, 9.17) is 5.73 Å². The van der Waals surface area contributed by atoms with Gasteiger partial charge in [-0.3, -0.25) is 9.59 Å². The molecule has 0 rings (SSSR count). The van der Waals surface area contributed by atoms with Crippen LogP contribution in [0.1, 0.15) is 47.5 Å². The lowest BCUT2D eigenvalue weighted by molar-refractivity contribution is -0.142. The summed E-state index contributed by atoms with van der Waals surface area (Å²) in [6.07, 6.45) is 0.404. The van der Waals surface area contributed by atoms with Crippen molar-refractivity contribution in [2.45, 2.75) is 59.7 Å². The molecule has 1 unspecified atom stereocenters. The number of ketones is 1. The fourth-order valence-corrected chi connectivity index (χ4v) is 1.59. The molecule has 0 aliphatic heterocycles. The van der Waals surface area contributed by atoms with Gasteiger partial charge in [0.15, 0.2) is 5.78 Å². The van der Waals surface area contributed by atoms with Crippen LogP contribution in [0.2, 0.25) is 0 Å². The van der Waals surface area contributed by atoms with Gasteiger partial charge in [0.05, 0.1) is 0 Å². The molecule has 0 fully saturated rings. The summed E-state index contributed by atoms with van der Waals surface area (Å²) < 4.78 is 0. The van der Waals surface area contributed by atoms with E-state index in [1.807, 2.05) is 20.8 Å². The van der Waals surface area contributed by atoms with Gasteiger partial charge in [-0.05, 0) is 20.3 Å². The molecule has 4 nitrogen and oxygen atoms in total. The molecule has 0 bridgehead atoms. The average Bonchev–Trinajstić information content (AvgIpc) is 2.16. The molecular weight excluding hydrogens is 204 g/mol. The average molecular weight is 228 g/mol. The third-order valence-electron chi connectivity index (χ3n) is 2.47. The number of rotatable bonds is 6. The van der Waals surface area contributed by atoms with Crippen molar-refractivity contribution in [1.29, 1.82) is 0 Å². The predicted molar refractivity (Wildman–Crippen MR) is 64.7 cm³/mol. The Bertz CT molecular complexity index is 249. The van der Waals surface area contributed by atoms with Gasteiger partial charge in [0.1, 0.15) is 6.17 Å². The van der Waals surface area contributed by atoms with Gasteiger partial charge in [0.25, 0.3) is 0 Å². The molecule has 1 amide bonds. The normalized spacial score (nSPS) is 13.0. The molecular formula is C12H24N2O2. The van der Waals surface area contributed by atoms with Crippen LogP contribution in [-0.4, -0.2) is 28.8 Å². The summed E-state index contributed by atoms with van der Waals surface area (Å²) in [5.74, 6) is -0.275. The molecule has 0 aliphatic carbocycles. The van der Waals surface area contributed by atoms with Crippen LogP contribution in [0.25, 0.3) is 0 Å². The van der Waals surface area contributed by atoms with Crippen molar-refractivity contribution < 1.29 is 9.59 Å². The van der Waals surface area contributed by atoms with Crippen molar-refractivity contribution in [3.63, 3.8) is 0 Å². The van der Waals surface area contributed by atoms with E-state index in [2.05, 4.69) is 0 Å². The van der Waals surface area contributed by atoms with E-state index in [0.29, 0.717) is 6.42 Å². The molecule has 0 saturated carbocycles. The first-order valence-corrected chi connectivity index (χ1v) is 5.93. The highest BCUT2D eigenvalue weighted by Crippen LogP contribution is 2.10. The number of hydrogen-bond donors (Lipinski definition) is 1. The largest absolute Gasteiger partial charge is 0.318 e. The molecule has 0 aromatic rings. The predicted octanol–water partition coefficient (Wildman–Crippen LogP) is 1.53. The first-order valence-electron chi connectivity index (χ1n) is 5.93. The molecule has 0 radical (unpaired) electrons. The lowest BCUT2D eigenvalue weighted by Crippen LogP contribution is -2.54. The van der Waals surface area contributed by atoms with E-state index in [1.54, 1.807) is 13.8 Å². The van der Waals surface area contributed by atoms with Crippen LogP contribution in [0, 0.1) is 5.92 Å². The van der Waals surface area contributed by atoms with Gasteiger partial charge in [-0.2, -0.15) is 0 Å². The van der Waals surface area contributed by atoms with Crippen LogP contribution >= 0.6 is 0 Å². The van der Waals surface area contributed by atoms with E-state index >= 15 is 0 Å². The Labute approximate surface area is 98.2 Å². The Morgan fingerprint density at radius 3 is 2.00 bits per heavy atom. The minimum atomic E-state index is -0.806. The van der Waals surface area contributed by atoms with Crippen LogP contribution in [-0.2, 0) is 9.59 Å². The number of hydrogen-bond acceptors (Lipinski definition) is 3. The van der Waals surface area contributed by atoms with E-state index in [0.717, 1.165) is 6.42 Å². The van der Waals surface area contributed by atoms with Crippen molar-refractivity contribution in [2.24, 2.45) is 11.7 Å². The number of amides is 1. The molecule has 0 aromatic heterocycles. The number of nitrogens with zero attached hydrogens (tertiary/aromatic N) is 1. The summed E-state index contributed by atoms with van der Waals surface area (Å²) in [5, 5.41) is 0. The molecule has 0 heterocycles. The summed E-state index contributed by atoms with van der Waals surface area (Å²) in [6, 6.07) is -0.0447. The first-order chi connectivity index (χ1) is 7.32. The fourth-order valence-electron chi connectivity index (χ4n) is 1.59. The van der Waals surface area contributed by atoms with E-state index < -0.39 is 6.17 Å². The number of carbonyl (C=O) groups is 2. The maximum Gasteiger partial charge on any atom is 0.224 e. The Hall–Kier alpha value is -0.900. The SMILES string of the molecule is CCCC(=O)N(C(C)C)C(N)C(=O)C(C)C. The van der Waals surface area contributed by atoms with Crippen molar-refractivity contribution >= 4 is 11.7 Å². The Morgan fingerprint density at radius 2 is 1.69 bits per heavy atom. The zero-order valence-electron chi connectivity index (χ0n) is 11.0. The summed E-state index contributed by atoms with van der Waals surface area (Å²) in [5.41, 5.74) is 5.85. The highest BCUT2D eigenvalue weighted by atomic mass is 16.2. The highest BCUT2D eigenvalue weighted by Gasteiger charge is 2.29. The number of carbonyl (C=O) groups excluding carboxylic acids is 2. The zero-order valence-corrected chi connectivity index (χ0v) is 11.0. The first kappa shape index (κ1) is 15.1. The van der Waals surface area contributed by atoms with Gasteiger partial charge in [0, 0.05) is 18.4 Å². The molecule has 4 heteroatoms. The van der Waals surface area contributed by atoms with Crippen molar-refractivity contribution in [3.8, 4) is 0 Å². The van der Waals surface area contributed by atoms with Crippen molar-refractivity contribution in [3.05, 3.63) is 0 Å². The topological polar surface area (TPSA) is 63.4 Å². The van der Waals surface area contributed by atoms with E-state index in [-0.39, 0.29) is 23.7 Å². The van der Waals surface area contributed by atoms with Crippen LogP contribution in [0.3, 0.4) is 0 Å². The molecule has 0 saturated heterocycles. The molecule has 0 aromatic carbocycles. The second-order valence-electron chi connectivity index (χ2n) is 4.65. The van der Waals surface area contributed by atoms with E-state index in [9.17, 15) is 9.59 Å². The summed E-state index contributed by atoms with van der Waals surface area (Å²) in [4.78, 5) is 25.1. The van der Waals surface area contributed by atoms with Crippen LogP contribution in [0.15, 0.2) is 0 Å². The second kappa shape index (κ2) is 6.63. The zero-order chi connectivity index (χ0) is 12.9. The van der Waals surface area contributed by atoms with E-state index in [1.165, 1.54) is 4.90 Å². The van der Waals surface area contributed by atoms with Crippen molar-refractivity contribution in [2.75, 3.05) is 0 Å². The highest BCUT2D eigenvalue weighted by molar-refractivity contribution is 5.89. The third-order valence-corrected chi connectivity index (χ3v) is 2.47. The minimum Gasteiger partial charge on any atom is -0.318 e. The van der Waals surface area contributed by atoms with Crippen LogP contribution in [0.4, 0.5) is 0 Å². The molecule has 1 atom stereocenters. The van der Waals surface area contributed by atoms with Gasteiger partial charge in [-0.15, -0.1) is 0 Å². The third kappa shape index (κ3) is 3.93. The molecule has 16 heavy (non-hydrogen) atoms. The number of Topliss-reactive ketones (excluding diaryl/α,β-unsaturated/α-hetero) is 1. The smallest absolute Gasteiger partial charge is 0.224 e. The Kier molecular flexibility index (Phi) is 6.26. The standard InChI is InChI=1S/C12H24N2O2/c1-6-7-10(15)14(9(4)5)12(13)11(16)8(2)3/h8-9,12H,6-7,13H2,1-5H3. The minimum absolute atomic E-state index is 0.0426. The van der Waals surface area contributed by atoms with Gasteiger partial charge in [-0.25, -0.2) is 0 Å². The lowest BCUT2D eigenvalue weighted by atomic mass is 10.0. The molecule has 94 valence electrons. The lowest BCUT2D eigenvalue weighted by Gasteiger charge is -2.32. The Morgan fingerprint density at radius 1 is 1.19 bits per heavy atom. The Balaban J connectivity index is 4.78. The van der Waals surface area contributed by atoms with Crippen molar-refractivity contribution in [1.82, 2.24) is 4.90 Å². The van der Waals surface area contributed by atoms with Crippen LogP contribution in [0.5, 0.6) is 0 Å². The molecule has 0 spiro atoms.